The first-order valence-corrected chi connectivity index (χ1v) is 5.81. The van der Waals surface area contributed by atoms with Crippen LogP contribution in [0.25, 0.3) is 5.76 Å². The van der Waals surface area contributed by atoms with Crippen molar-refractivity contribution in [3.05, 3.63) is 39.5 Å². The molecule has 11 heavy (non-hydrogen) atoms. The van der Waals surface area contributed by atoms with E-state index in [1.54, 1.807) is 0 Å². The molecule has 0 fully saturated rings. The van der Waals surface area contributed by atoms with Crippen LogP contribution in [0, 0.1) is 0 Å². The molecule has 2 rings (SSSR count). The molecule has 1 N–H and O–H groups in total. The summed E-state index contributed by atoms with van der Waals surface area (Å²) in [7, 11) is 0. The molecule has 0 radical (unpaired) electrons. The Hall–Kier alpha value is -0.640. The maximum atomic E-state index is 9.43. The van der Waals surface area contributed by atoms with Crippen molar-refractivity contribution >= 4 is 30.5 Å². The molecule has 1 aromatic rings. The number of hydrogen-bond donors (Lipinski definition) is 1. The van der Waals surface area contributed by atoms with Crippen molar-refractivity contribution in [2.24, 2.45) is 0 Å². The third kappa shape index (κ3) is 1.22. The fourth-order valence-electron chi connectivity index (χ4n) is 1.04. The summed E-state index contributed by atoms with van der Waals surface area (Å²) in [6.07, 6.45) is 0. The molecule has 0 bridgehead atoms. The Labute approximate surface area is 75.1 Å². The first-order valence-electron chi connectivity index (χ1n) is 3.31. The summed E-state index contributed by atoms with van der Waals surface area (Å²) in [5.74, 6) is 0.455. The van der Waals surface area contributed by atoms with Crippen LogP contribution in [0.4, 0.5) is 0 Å². The molecular formula is C9H7IO. The zero-order valence-electron chi connectivity index (χ0n) is 5.79. The van der Waals surface area contributed by atoms with Gasteiger partial charge in [-0.25, -0.2) is 0 Å². The fraction of sp³-hybridized carbons (Fsp3) is 0. The van der Waals surface area contributed by atoms with Crippen LogP contribution in [0.2, 0.25) is 0 Å². The van der Waals surface area contributed by atoms with Crippen LogP contribution >= 0.6 is 20.7 Å². The van der Waals surface area contributed by atoms with E-state index >= 15 is 0 Å². The minimum Gasteiger partial charge on any atom is -0.507 e. The van der Waals surface area contributed by atoms with Crippen molar-refractivity contribution in [1.82, 2.24) is 0 Å². The van der Waals surface area contributed by atoms with Gasteiger partial charge in [0.15, 0.2) is 0 Å². The fourth-order valence-corrected chi connectivity index (χ4v) is 2.83. The highest BCUT2D eigenvalue weighted by Crippen LogP contribution is 2.24. The van der Waals surface area contributed by atoms with Crippen LogP contribution < -0.4 is 0 Å². The largest absolute Gasteiger partial charge is 0.507 e. The summed E-state index contributed by atoms with van der Waals surface area (Å²) in [5, 5.41) is 9.43. The molecule has 0 aliphatic carbocycles. The smallest absolute Gasteiger partial charge is 0.129 e. The summed E-state index contributed by atoms with van der Waals surface area (Å²) in [6, 6.07) is 7.93. The van der Waals surface area contributed by atoms with Gasteiger partial charge in [-0.1, -0.05) is 45.0 Å². The molecule has 1 aromatic carbocycles. The van der Waals surface area contributed by atoms with Gasteiger partial charge in [-0.2, -0.15) is 0 Å². The van der Waals surface area contributed by atoms with E-state index < -0.39 is 0 Å². The van der Waals surface area contributed by atoms with Gasteiger partial charge in [-0.3, -0.25) is 0 Å². The number of rotatable bonds is 0. The monoisotopic (exact) mass is 258 g/mol. The Morgan fingerprint density at radius 3 is 2.82 bits per heavy atom. The molecule has 0 unspecified atom stereocenters. The lowest BCUT2D eigenvalue weighted by molar-refractivity contribution is 0.513. The zero-order chi connectivity index (χ0) is 7.68. The predicted octanol–water partition coefficient (Wildman–Crippen LogP) is 2.68. The molecule has 0 atom stereocenters. The second kappa shape index (κ2) is 2.77. The Kier molecular flexibility index (Phi) is 1.77. The third-order valence-corrected chi connectivity index (χ3v) is 3.56. The normalized spacial score (nSPS) is 14.7. The van der Waals surface area contributed by atoms with Crippen molar-refractivity contribution in [2.75, 3.05) is 0 Å². The van der Waals surface area contributed by atoms with Gasteiger partial charge >= 0.3 is 0 Å². The zero-order valence-corrected chi connectivity index (χ0v) is 7.95. The number of benzene rings is 1. The maximum Gasteiger partial charge on any atom is 0.129 e. The van der Waals surface area contributed by atoms with E-state index in [1.165, 1.54) is 5.56 Å². The third-order valence-electron chi connectivity index (χ3n) is 1.58. The second-order valence-corrected chi connectivity index (χ2v) is 4.28. The van der Waals surface area contributed by atoms with Gasteiger partial charge in [0, 0.05) is 9.65 Å². The standard InChI is InChI=1S/C9H7IO/c11-9-6-10-5-7-3-1-2-4-8(7)9/h1-6,11H. The van der Waals surface area contributed by atoms with Crippen molar-refractivity contribution < 1.29 is 5.11 Å². The molecule has 56 valence electrons. The van der Waals surface area contributed by atoms with Gasteiger partial charge in [0.2, 0.25) is 0 Å². The first-order chi connectivity index (χ1) is 5.38. The summed E-state index contributed by atoms with van der Waals surface area (Å²) in [5.41, 5.74) is 2.15. The van der Waals surface area contributed by atoms with Crippen molar-refractivity contribution in [3.63, 3.8) is 0 Å². The molecule has 1 nitrogen and oxygen atoms in total. The average molecular weight is 258 g/mol. The molecule has 0 aromatic heterocycles. The minimum absolute atomic E-state index is 0.0515. The summed E-state index contributed by atoms with van der Waals surface area (Å²) >= 11 is -0.0515. The lowest BCUT2D eigenvalue weighted by atomic mass is 10.1. The quantitative estimate of drug-likeness (QED) is 0.709. The summed E-state index contributed by atoms with van der Waals surface area (Å²) in [6.45, 7) is 0. The molecule has 1 aliphatic heterocycles. The molecule has 0 spiro atoms. The molecule has 1 heterocycles. The van der Waals surface area contributed by atoms with Crippen LogP contribution in [0.1, 0.15) is 11.1 Å². The van der Waals surface area contributed by atoms with E-state index in [0.29, 0.717) is 5.76 Å². The van der Waals surface area contributed by atoms with E-state index in [1.807, 2.05) is 28.3 Å². The molecule has 2 heteroatoms. The lowest BCUT2D eigenvalue weighted by Crippen LogP contribution is -1.92. The van der Waals surface area contributed by atoms with Gasteiger partial charge in [-0.05, 0) is 9.58 Å². The number of fused-ring (bicyclic) bond motifs is 1. The van der Waals surface area contributed by atoms with Crippen LogP contribution in [0.15, 0.2) is 28.3 Å². The Morgan fingerprint density at radius 1 is 1.18 bits per heavy atom. The van der Waals surface area contributed by atoms with Crippen LogP contribution in [-0.4, -0.2) is 9.12 Å². The van der Waals surface area contributed by atoms with Crippen LogP contribution in [0.5, 0.6) is 0 Å². The van der Waals surface area contributed by atoms with Crippen LogP contribution in [0.3, 0.4) is 0 Å². The van der Waals surface area contributed by atoms with E-state index in [9.17, 15) is 5.11 Å². The number of hydrogen-bond acceptors (Lipinski definition) is 1. The highest BCUT2D eigenvalue weighted by molar-refractivity contribution is 14.2. The lowest BCUT2D eigenvalue weighted by Gasteiger charge is -2.06. The predicted molar refractivity (Wildman–Crippen MR) is 56.2 cm³/mol. The Morgan fingerprint density at radius 2 is 2.00 bits per heavy atom. The highest BCUT2D eigenvalue weighted by atomic mass is 127. The molecule has 0 amide bonds. The number of aliphatic hydroxyl groups is 1. The molecular weight excluding hydrogens is 251 g/mol. The summed E-state index contributed by atoms with van der Waals surface area (Å²) < 4.78 is 4.15. The topological polar surface area (TPSA) is 20.2 Å². The van der Waals surface area contributed by atoms with Gasteiger partial charge < -0.3 is 5.11 Å². The first kappa shape index (κ1) is 7.03. The van der Waals surface area contributed by atoms with E-state index in [4.69, 9.17) is 0 Å². The molecule has 0 saturated carbocycles. The number of aliphatic hydroxyl groups excluding tert-OH is 1. The van der Waals surface area contributed by atoms with E-state index in [0.717, 1.165) is 5.56 Å². The van der Waals surface area contributed by atoms with Gasteiger partial charge in [-0.15, -0.1) is 0 Å². The van der Waals surface area contributed by atoms with E-state index in [2.05, 4.69) is 4.01 Å². The van der Waals surface area contributed by atoms with Crippen LogP contribution in [-0.2, 0) is 0 Å². The van der Waals surface area contributed by atoms with Crippen molar-refractivity contribution in [3.8, 4) is 0 Å². The Bertz CT molecular complexity index is 339. The van der Waals surface area contributed by atoms with Gasteiger partial charge in [0.25, 0.3) is 0 Å². The van der Waals surface area contributed by atoms with Gasteiger partial charge in [0.1, 0.15) is 5.76 Å². The minimum atomic E-state index is -0.0515. The molecule has 1 aliphatic rings. The molecule has 0 saturated heterocycles. The van der Waals surface area contributed by atoms with Gasteiger partial charge in [0.05, 0.1) is 0 Å². The van der Waals surface area contributed by atoms with E-state index in [-0.39, 0.29) is 20.7 Å². The van der Waals surface area contributed by atoms with Crippen molar-refractivity contribution in [2.45, 2.75) is 0 Å². The summed E-state index contributed by atoms with van der Waals surface area (Å²) in [4.78, 5) is 0. The Balaban J connectivity index is 2.67. The SMILES string of the molecule is OC1=CI=Cc2ccccc21. The maximum absolute atomic E-state index is 9.43. The number of halogens is 1. The van der Waals surface area contributed by atoms with Crippen molar-refractivity contribution in [1.29, 1.82) is 0 Å². The average Bonchev–Trinajstić information content (AvgIpc) is 2.06. The highest BCUT2D eigenvalue weighted by Gasteiger charge is 2.05. The second-order valence-electron chi connectivity index (χ2n) is 2.32.